The Balaban J connectivity index is 3.46. The van der Waals surface area contributed by atoms with Gasteiger partial charge in [0.15, 0.2) is 0 Å². The molecule has 0 aromatic carbocycles. The Labute approximate surface area is 406 Å². The summed E-state index contributed by atoms with van der Waals surface area (Å²) < 4.78 is 5.46. The van der Waals surface area contributed by atoms with Crippen LogP contribution in [0.3, 0.4) is 0 Å². The van der Waals surface area contributed by atoms with Gasteiger partial charge in [0.05, 0.1) is 25.4 Å². The third kappa shape index (κ3) is 51.8. The highest BCUT2D eigenvalue weighted by molar-refractivity contribution is 5.76. The van der Waals surface area contributed by atoms with Crippen molar-refractivity contribution in [1.29, 1.82) is 0 Å². The SMILES string of the molecule is CCCCCCCCCCCCCCCCCCCCCC(O)C(CO)NC(=O)CCCCCCCCC/C=C\CCCCCCOC(=O)CCCCCCCCCCCCCCCC. The average Bonchev–Trinajstić information content (AvgIpc) is 3.31. The minimum Gasteiger partial charge on any atom is -0.466 e. The van der Waals surface area contributed by atoms with Gasteiger partial charge in [0.25, 0.3) is 0 Å². The standard InChI is InChI=1S/C59H115NO5/c1-3-5-7-9-11-13-15-17-19-20-21-22-24-27-31-35-39-43-47-51-57(62)56(55-61)60-58(63)52-48-44-40-36-32-28-25-23-26-30-34-38-42-46-50-54-65-59(64)53-49-45-41-37-33-29-18-16-14-12-10-8-6-4-2/h26,30,56-57,61-62H,3-25,27-29,31-55H2,1-2H3,(H,60,63)/b30-26-. The second-order valence-corrected chi connectivity index (χ2v) is 20.3. The Bertz CT molecular complexity index is 970. The van der Waals surface area contributed by atoms with Gasteiger partial charge in [-0.25, -0.2) is 0 Å². The van der Waals surface area contributed by atoms with Crippen LogP contribution in [0.5, 0.6) is 0 Å². The molecule has 1 amide bonds. The van der Waals surface area contributed by atoms with Gasteiger partial charge in [0.2, 0.25) is 5.91 Å². The number of rotatable bonds is 55. The highest BCUT2D eigenvalue weighted by Crippen LogP contribution is 2.18. The van der Waals surface area contributed by atoms with Gasteiger partial charge in [-0.1, -0.05) is 276 Å². The van der Waals surface area contributed by atoms with Gasteiger partial charge >= 0.3 is 5.97 Å². The Morgan fingerprint density at radius 2 is 0.723 bits per heavy atom. The van der Waals surface area contributed by atoms with E-state index in [1.165, 1.54) is 225 Å². The smallest absolute Gasteiger partial charge is 0.305 e. The second kappa shape index (κ2) is 55.2. The fourth-order valence-corrected chi connectivity index (χ4v) is 9.28. The van der Waals surface area contributed by atoms with E-state index in [1.54, 1.807) is 0 Å². The molecule has 386 valence electrons. The molecule has 0 aliphatic carbocycles. The molecule has 0 aromatic rings. The van der Waals surface area contributed by atoms with Crippen LogP contribution in [0.15, 0.2) is 12.2 Å². The Morgan fingerprint density at radius 3 is 1.09 bits per heavy atom. The Morgan fingerprint density at radius 1 is 0.415 bits per heavy atom. The van der Waals surface area contributed by atoms with Crippen molar-refractivity contribution in [3.8, 4) is 0 Å². The van der Waals surface area contributed by atoms with E-state index in [1.807, 2.05) is 0 Å². The van der Waals surface area contributed by atoms with E-state index in [2.05, 4.69) is 31.3 Å². The van der Waals surface area contributed by atoms with Crippen LogP contribution in [0.25, 0.3) is 0 Å². The van der Waals surface area contributed by atoms with Gasteiger partial charge in [0, 0.05) is 12.8 Å². The van der Waals surface area contributed by atoms with Crippen molar-refractivity contribution in [2.75, 3.05) is 13.2 Å². The normalized spacial score (nSPS) is 12.6. The van der Waals surface area contributed by atoms with Crippen molar-refractivity contribution in [2.45, 2.75) is 341 Å². The molecule has 0 aromatic heterocycles. The molecule has 3 N–H and O–H groups in total. The maximum absolute atomic E-state index is 12.5. The molecule has 0 rings (SSSR count). The maximum Gasteiger partial charge on any atom is 0.305 e. The molecule has 2 atom stereocenters. The van der Waals surface area contributed by atoms with Crippen LogP contribution in [0.1, 0.15) is 328 Å². The van der Waals surface area contributed by atoms with Gasteiger partial charge in [-0.05, 0) is 51.4 Å². The van der Waals surface area contributed by atoms with Gasteiger partial charge < -0.3 is 20.3 Å². The number of hydrogen-bond acceptors (Lipinski definition) is 5. The monoisotopic (exact) mass is 918 g/mol. The summed E-state index contributed by atoms with van der Waals surface area (Å²) in [6, 6.07) is -0.552. The van der Waals surface area contributed by atoms with Crippen LogP contribution in [0.2, 0.25) is 0 Å². The minimum absolute atomic E-state index is 0.00697. The van der Waals surface area contributed by atoms with Crippen LogP contribution in [0, 0.1) is 0 Å². The van der Waals surface area contributed by atoms with Gasteiger partial charge in [0.1, 0.15) is 0 Å². The summed E-state index contributed by atoms with van der Waals surface area (Å²) in [4.78, 5) is 24.5. The zero-order chi connectivity index (χ0) is 47.2. The van der Waals surface area contributed by atoms with Crippen molar-refractivity contribution in [2.24, 2.45) is 0 Å². The van der Waals surface area contributed by atoms with E-state index in [4.69, 9.17) is 4.74 Å². The molecule has 0 radical (unpaired) electrons. The molecule has 0 heterocycles. The number of nitrogens with one attached hydrogen (secondary N) is 1. The topological polar surface area (TPSA) is 95.9 Å². The molecular formula is C59H115NO5. The van der Waals surface area contributed by atoms with Gasteiger partial charge in [-0.2, -0.15) is 0 Å². The molecule has 0 saturated heterocycles. The fraction of sp³-hybridized carbons (Fsp3) is 0.932. The number of aliphatic hydroxyl groups is 2. The molecule has 65 heavy (non-hydrogen) atoms. The summed E-state index contributed by atoms with van der Waals surface area (Å²) in [6.45, 7) is 4.94. The summed E-state index contributed by atoms with van der Waals surface area (Å²) in [5, 5.41) is 23.3. The third-order valence-corrected chi connectivity index (χ3v) is 13.8. The average molecular weight is 919 g/mol. The van der Waals surface area contributed by atoms with Crippen molar-refractivity contribution in [1.82, 2.24) is 5.32 Å². The van der Waals surface area contributed by atoms with Crippen LogP contribution < -0.4 is 5.32 Å². The molecule has 0 aliphatic rings. The third-order valence-electron chi connectivity index (χ3n) is 13.8. The van der Waals surface area contributed by atoms with E-state index in [0.717, 1.165) is 70.6 Å². The number of esters is 1. The predicted molar refractivity (Wildman–Crippen MR) is 283 cm³/mol. The van der Waals surface area contributed by atoms with Crippen molar-refractivity contribution >= 4 is 11.9 Å². The number of amides is 1. The van der Waals surface area contributed by atoms with Gasteiger partial charge in [-0.3, -0.25) is 9.59 Å². The molecule has 6 heteroatoms. The lowest BCUT2D eigenvalue weighted by Crippen LogP contribution is -2.45. The molecule has 6 nitrogen and oxygen atoms in total. The molecule has 0 fully saturated rings. The van der Waals surface area contributed by atoms with Crippen molar-refractivity contribution in [3.05, 3.63) is 12.2 Å². The van der Waals surface area contributed by atoms with E-state index >= 15 is 0 Å². The lowest BCUT2D eigenvalue weighted by Gasteiger charge is -2.22. The number of ether oxygens (including phenoxy) is 1. The molecule has 2 unspecified atom stereocenters. The Kier molecular flexibility index (Phi) is 54.0. The van der Waals surface area contributed by atoms with Gasteiger partial charge in [-0.15, -0.1) is 0 Å². The first-order valence-corrected chi connectivity index (χ1v) is 29.4. The van der Waals surface area contributed by atoms with Crippen molar-refractivity contribution in [3.63, 3.8) is 0 Å². The second-order valence-electron chi connectivity index (χ2n) is 20.3. The number of hydrogen-bond donors (Lipinski definition) is 3. The Hall–Kier alpha value is -1.40. The predicted octanol–water partition coefficient (Wildman–Crippen LogP) is 18.1. The van der Waals surface area contributed by atoms with E-state index < -0.39 is 12.1 Å². The lowest BCUT2D eigenvalue weighted by molar-refractivity contribution is -0.143. The quantitative estimate of drug-likeness (QED) is 0.0321. The molecule has 0 aliphatic heterocycles. The number of allylic oxidation sites excluding steroid dienone is 2. The minimum atomic E-state index is -0.674. The first-order valence-electron chi connectivity index (χ1n) is 29.4. The van der Waals surface area contributed by atoms with Crippen LogP contribution in [-0.2, 0) is 14.3 Å². The first-order chi connectivity index (χ1) is 32.0. The largest absolute Gasteiger partial charge is 0.466 e. The number of aliphatic hydroxyl groups excluding tert-OH is 2. The highest BCUT2D eigenvalue weighted by atomic mass is 16.5. The lowest BCUT2D eigenvalue weighted by atomic mass is 10.0. The summed E-state index contributed by atoms with van der Waals surface area (Å²) in [6.07, 6.45) is 64.9. The molecule has 0 bridgehead atoms. The fourth-order valence-electron chi connectivity index (χ4n) is 9.28. The van der Waals surface area contributed by atoms with Crippen LogP contribution in [0.4, 0.5) is 0 Å². The maximum atomic E-state index is 12.5. The van der Waals surface area contributed by atoms with Crippen LogP contribution in [-0.4, -0.2) is 47.4 Å². The number of unbranched alkanes of at least 4 members (excludes halogenated alkanes) is 42. The summed E-state index contributed by atoms with van der Waals surface area (Å²) in [5.74, 6) is -0.0539. The molecule has 0 spiro atoms. The first kappa shape index (κ1) is 63.6. The highest BCUT2D eigenvalue weighted by Gasteiger charge is 2.20. The van der Waals surface area contributed by atoms with E-state index in [0.29, 0.717) is 25.9 Å². The number of carbonyl (C=O) groups is 2. The molecule has 0 saturated carbocycles. The zero-order valence-corrected chi connectivity index (χ0v) is 44.0. The van der Waals surface area contributed by atoms with E-state index in [9.17, 15) is 19.8 Å². The summed E-state index contributed by atoms with van der Waals surface area (Å²) in [5.41, 5.74) is 0. The molecular weight excluding hydrogens is 803 g/mol. The van der Waals surface area contributed by atoms with Crippen LogP contribution >= 0.6 is 0 Å². The summed E-state index contributed by atoms with van der Waals surface area (Å²) >= 11 is 0. The zero-order valence-electron chi connectivity index (χ0n) is 44.0. The van der Waals surface area contributed by atoms with E-state index in [-0.39, 0.29) is 18.5 Å². The number of carbonyl (C=O) groups excluding carboxylic acids is 2. The van der Waals surface area contributed by atoms with Crippen molar-refractivity contribution < 1.29 is 24.5 Å². The summed E-state index contributed by atoms with van der Waals surface area (Å²) in [7, 11) is 0.